The maximum atomic E-state index is 12.7. The predicted molar refractivity (Wildman–Crippen MR) is 76.0 cm³/mol. The number of hydrogen-bond donors (Lipinski definition) is 1. The molecule has 2 aromatic rings. The van der Waals surface area contributed by atoms with Crippen molar-refractivity contribution in [2.24, 2.45) is 11.7 Å². The van der Waals surface area contributed by atoms with Gasteiger partial charge in [-0.2, -0.15) is 0 Å². The van der Waals surface area contributed by atoms with Crippen molar-refractivity contribution in [2.75, 3.05) is 0 Å². The Morgan fingerprint density at radius 1 is 1.21 bits per heavy atom. The molecule has 0 bridgehead atoms. The molecule has 0 aliphatic heterocycles. The van der Waals surface area contributed by atoms with Gasteiger partial charge in [-0.3, -0.25) is 9.78 Å². The van der Waals surface area contributed by atoms with Crippen LogP contribution >= 0.6 is 0 Å². The first-order chi connectivity index (χ1) is 9.27. The van der Waals surface area contributed by atoms with Gasteiger partial charge in [0, 0.05) is 35.3 Å². The number of benzene rings is 1. The summed E-state index contributed by atoms with van der Waals surface area (Å²) in [6, 6.07) is 7.78. The maximum Gasteiger partial charge on any atom is 0.168 e. The smallest absolute Gasteiger partial charge is 0.168 e. The zero-order valence-electron chi connectivity index (χ0n) is 10.9. The third-order valence-corrected chi connectivity index (χ3v) is 4.11. The first kappa shape index (κ1) is 12.3. The molecule has 2 atom stereocenters. The monoisotopic (exact) mass is 254 g/mol. The second-order valence-electron chi connectivity index (χ2n) is 5.32. The van der Waals surface area contributed by atoms with Gasteiger partial charge in [0.15, 0.2) is 5.78 Å². The molecule has 2 unspecified atom stereocenters. The van der Waals surface area contributed by atoms with E-state index in [1.54, 1.807) is 12.4 Å². The Labute approximate surface area is 112 Å². The lowest BCUT2D eigenvalue weighted by Crippen LogP contribution is -2.38. The molecule has 1 fully saturated rings. The van der Waals surface area contributed by atoms with Gasteiger partial charge in [0.05, 0.1) is 0 Å². The summed E-state index contributed by atoms with van der Waals surface area (Å²) in [7, 11) is 0. The Morgan fingerprint density at radius 2 is 2.05 bits per heavy atom. The van der Waals surface area contributed by atoms with Crippen molar-refractivity contribution in [3.63, 3.8) is 0 Å². The number of nitrogens with zero attached hydrogens (tertiary/aromatic N) is 1. The molecule has 3 nitrogen and oxygen atoms in total. The predicted octanol–water partition coefficient (Wildman–Crippen LogP) is 2.94. The number of hydrogen-bond acceptors (Lipinski definition) is 3. The summed E-state index contributed by atoms with van der Waals surface area (Å²) >= 11 is 0. The Balaban J connectivity index is 2.01. The normalized spacial score (nSPS) is 23.4. The number of carbonyl (C=O) groups excluding carboxylic acids is 1. The largest absolute Gasteiger partial charge is 0.327 e. The van der Waals surface area contributed by atoms with Crippen molar-refractivity contribution in [1.82, 2.24) is 4.98 Å². The standard InChI is InChI=1S/C16H18N2O/c17-15-7-2-1-5-13(15)16(19)12-6-3-4-11-8-9-18-10-14(11)12/h3-4,6,8-10,13,15H,1-2,5,7,17H2. The molecule has 0 amide bonds. The summed E-state index contributed by atoms with van der Waals surface area (Å²) in [4.78, 5) is 16.9. The summed E-state index contributed by atoms with van der Waals surface area (Å²) in [5, 5.41) is 2.00. The molecule has 19 heavy (non-hydrogen) atoms. The molecule has 1 saturated carbocycles. The van der Waals surface area contributed by atoms with Gasteiger partial charge < -0.3 is 5.73 Å². The number of pyridine rings is 1. The minimum atomic E-state index is -0.0282. The molecule has 1 heterocycles. The van der Waals surface area contributed by atoms with Crippen LogP contribution in [0.3, 0.4) is 0 Å². The van der Waals surface area contributed by atoms with E-state index in [0.29, 0.717) is 0 Å². The first-order valence-corrected chi connectivity index (χ1v) is 6.90. The lowest BCUT2D eigenvalue weighted by atomic mass is 9.79. The minimum Gasteiger partial charge on any atom is -0.327 e. The van der Waals surface area contributed by atoms with Gasteiger partial charge in [0.1, 0.15) is 0 Å². The van der Waals surface area contributed by atoms with E-state index in [4.69, 9.17) is 5.73 Å². The second-order valence-corrected chi connectivity index (χ2v) is 5.32. The molecule has 0 radical (unpaired) electrons. The highest BCUT2D eigenvalue weighted by Gasteiger charge is 2.29. The summed E-state index contributed by atoms with van der Waals surface area (Å²) in [5.41, 5.74) is 6.90. The summed E-state index contributed by atoms with van der Waals surface area (Å²) in [5.74, 6) is 0.158. The fourth-order valence-electron chi connectivity index (χ4n) is 3.01. The number of ketones is 1. The molecule has 3 heteroatoms. The van der Waals surface area contributed by atoms with Gasteiger partial charge in [0.2, 0.25) is 0 Å². The average Bonchev–Trinajstić information content (AvgIpc) is 2.46. The van der Waals surface area contributed by atoms with E-state index < -0.39 is 0 Å². The molecular formula is C16H18N2O. The fraction of sp³-hybridized carbons (Fsp3) is 0.375. The van der Waals surface area contributed by atoms with Crippen LogP contribution in [-0.4, -0.2) is 16.8 Å². The number of carbonyl (C=O) groups is 1. The highest BCUT2D eigenvalue weighted by atomic mass is 16.1. The van der Waals surface area contributed by atoms with Crippen molar-refractivity contribution >= 4 is 16.6 Å². The highest BCUT2D eigenvalue weighted by molar-refractivity contribution is 6.09. The van der Waals surface area contributed by atoms with Crippen molar-refractivity contribution in [3.8, 4) is 0 Å². The zero-order valence-corrected chi connectivity index (χ0v) is 10.9. The summed E-state index contributed by atoms with van der Waals surface area (Å²) in [6.45, 7) is 0. The van der Waals surface area contributed by atoms with Crippen LogP contribution in [0.4, 0.5) is 0 Å². The molecule has 1 aromatic heterocycles. The third-order valence-electron chi connectivity index (χ3n) is 4.11. The van der Waals surface area contributed by atoms with Gasteiger partial charge >= 0.3 is 0 Å². The van der Waals surface area contributed by atoms with E-state index in [1.807, 2.05) is 24.3 Å². The second kappa shape index (κ2) is 5.10. The van der Waals surface area contributed by atoms with E-state index in [9.17, 15) is 4.79 Å². The van der Waals surface area contributed by atoms with Crippen LogP contribution in [0.5, 0.6) is 0 Å². The first-order valence-electron chi connectivity index (χ1n) is 6.90. The van der Waals surface area contributed by atoms with Crippen LogP contribution in [-0.2, 0) is 0 Å². The van der Waals surface area contributed by atoms with E-state index in [0.717, 1.165) is 42.0 Å². The van der Waals surface area contributed by atoms with Crippen molar-refractivity contribution in [2.45, 2.75) is 31.7 Å². The van der Waals surface area contributed by atoms with Crippen LogP contribution in [0.1, 0.15) is 36.0 Å². The van der Waals surface area contributed by atoms with E-state index in [1.165, 1.54) is 0 Å². The number of rotatable bonds is 2. The summed E-state index contributed by atoms with van der Waals surface area (Å²) < 4.78 is 0. The lowest BCUT2D eigenvalue weighted by molar-refractivity contribution is 0.0873. The molecule has 98 valence electrons. The number of Topliss-reactive ketones (excluding diaryl/α,β-unsaturated/α-hetero) is 1. The van der Waals surface area contributed by atoms with E-state index >= 15 is 0 Å². The molecule has 1 aromatic carbocycles. The van der Waals surface area contributed by atoms with Gasteiger partial charge in [-0.05, 0) is 24.3 Å². The van der Waals surface area contributed by atoms with Crippen molar-refractivity contribution in [1.29, 1.82) is 0 Å². The van der Waals surface area contributed by atoms with Gasteiger partial charge in [0.25, 0.3) is 0 Å². The molecule has 1 aliphatic carbocycles. The van der Waals surface area contributed by atoms with Crippen LogP contribution in [0.2, 0.25) is 0 Å². The Morgan fingerprint density at radius 3 is 2.89 bits per heavy atom. The Bertz CT molecular complexity index is 603. The molecule has 3 rings (SSSR count). The fourth-order valence-corrected chi connectivity index (χ4v) is 3.01. The average molecular weight is 254 g/mol. The van der Waals surface area contributed by atoms with Crippen molar-refractivity contribution in [3.05, 3.63) is 42.2 Å². The van der Waals surface area contributed by atoms with Crippen LogP contribution in [0, 0.1) is 5.92 Å². The lowest BCUT2D eigenvalue weighted by Gasteiger charge is -2.27. The Hall–Kier alpha value is -1.74. The Kier molecular flexibility index (Phi) is 3.30. The van der Waals surface area contributed by atoms with Crippen molar-refractivity contribution < 1.29 is 4.79 Å². The third kappa shape index (κ3) is 2.26. The number of aromatic nitrogens is 1. The molecular weight excluding hydrogens is 236 g/mol. The van der Waals surface area contributed by atoms with Crippen LogP contribution in [0.25, 0.3) is 10.8 Å². The summed E-state index contributed by atoms with van der Waals surface area (Å²) in [6.07, 6.45) is 7.64. The maximum absolute atomic E-state index is 12.7. The van der Waals surface area contributed by atoms with E-state index in [2.05, 4.69) is 4.98 Å². The zero-order chi connectivity index (χ0) is 13.2. The number of fused-ring (bicyclic) bond motifs is 1. The quantitative estimate of drug-likeness (QED) is 0.838. The molecule has 0 saturated heterocycles. The van der Waals surface area contributed by atoms with Gasteiger partial charge in [-0.25, -0.2) is 0 Å². The van der Waals surface area contributed by atoms with E-state index in [-0.39, 0.29) is 17.7 Å². The topological polar surface area (TPSA) is 56.0 Å². The molecule has 0 spiro atoms. The molecule has 1 aliphatic rings. The molecule has 2 N–H and O–H groups in total. The SMILES string of the molecule is NC1CCCCC1C(=O)c1cccc2ccncc12. The van der Waals surface area contributed by atoms with Crippen LogP contribution in [0.15, 0.2) is 36.7 Å². The van der Waals surface area contributed by atoms with Gasteiger partial charge in [-0.1, -0.05) is 31.0 Å². The van der Waals surface area contributed by atoms with Gasteiger partial charge in [-0.15, -0.1) is 0 Å². The van der Waals surface area contributed by atoms with Crippen LogP contribution < -0.4 is 5.73 Å². The minimum absolute atomic E-state index is 0.00757. The number of nitrogens with two attached hydrogens (primary N) is 1. The highest BCUT2D eigenvalue weighted by Crippen LogP contribution is 2.28.